The first kappa shape index (κ1) is 20.1. The third kappa shape index (κ3) is 4.40. The van der Waals surface area contributed by atoms with Crippen LogP contribution in [0.2, 0.25) is 0 Å². The largest absolute Gasteiger partial charge is 0.378 e. The van der Waals surface area contributed by atoms with Crippen LogP contribution in [0.15, 0.2) is 30.6 Å². The maximum atomic E-state index is 11.8. The lowest BCUT2D eigenvalue weighted by Gasteiger charge is -2.28. The summed E-state index contributed by atoms with van der Waals surface area (Å²) < 4.78 is 32.8. The van der Waals surface area contributed by atoms with Crippen molar-refractivity contribution in [2.24, 2.45) is 0 Å². The van der Waals surface area contributed by atoms with E-state index in [0.29, 0.717) is 19.0 Å². The smallest absolute Gasteiger partial charge is 0.209 e. The summed E-state index contributed by atoms with van der Waals surface area (Å²) in [7, 11) is -3.36. The summed E-state index contributed by atoms with van der Waals surface area (Å²) in [6.45, 7) is 6.49. The van der Waals surface area contributed by atoms with Crippen molar-refractivity contribution in [3.05, 3.63) is 35.5 Å². The summed E-state index contributed by atoms with van der Waals surface area (Å²) in [4.78, 5) is 16.9. The standard InChI is InChI=1S/C19H23N5O3S2/c1-19(2,23-29(3,25)26)15-11-14-16(28-15)18(24-7-9-27-10-8-24)22-17(21-14)13-5-4-6-20-12-13/h4-6,11-12,23H,7-10H2,1-3H3. The van der Waals surface area contributed by atoms with Crippen molar-refractivity contribution in [3.8, 4) is 11.4 Å². The molecule has 0 bridgehead atoms. The molecule has 0 spiro atoms. The van der Waals surface area contributed by atoms with E-state index in [2.05, 4.69) is 14.6 Å². The molecule has 1 fully saturated rings. The van der Waals surface area contributed by atoms with Crippen molar-refractivity contribution in [1.82, 2.24) is 19.7 Å². The minimum atomic E-state index is -3.36. The summed E-state index contributed by atoms with van der Waals surface area (Å²) in [5, 5.41) is 0. The predicted octanol–water partition coefficient (Wildman–Crippen LogP) is 2.37. The highest BCUT2D eigenvalue weighted by Crippen LogP contribution is 2.38. The molecule has 29 heavy (non-hydrogen) atoms. The Morgan fingerprint density at radius 2 is 2.00 bits per heavy atom. The molecular formula is C19H23N5O3S2. The van der Waals surface area contributed by atoms with Gasteiger partial charge in [-0.2, -0.15) is 0 Å². The summed E-state index contributed by atoms with van der Waals surface area (Å²) >= 11 is 1.52. The highest BCUT2D eigenvalue weighted by atomic mass is 32.2. The summed E-state index contributed by atoms with van der Waals surface area (Å²) in [5.74, 6) is 1.45. The highest BCUT2D eigenvalue weighted by Gasteiger charge is 2.29. The first-order valence-electron chi connectivity index (χ1n) is 9.27. The van der Waals surface area contributed by atoms with E-state index in [-0.39, 0.29) is 0 Å². The van der Waals surface area contributed by atoms with E-state index >= 15 is 0 Å². The van der Waals surface area contributed by atoms with Gasteiger partial charge in [-0.15, -0.1) is 11.3 Å². The number of thiophene rings is 1. The van der Waals surface area contributed by atoms with Crippen LogP contribution in [0.25, 0.3) is 21.6 Å². The minimum Gasteiger partial charge on any atom is -0.378 e. The number of fused-ring (bicyclic) bond motifs is 1. The van der Waals surface area contributed by atoms with E-state index in [1.54, 1.807) is 12.4 Å². The molecule has 1 N–H and O–H groups in total. The van der Waals surface area contributed by atoms with Crippen molar-refractivity contribution >= 4 is 37.4 Å². The Labute approximate surface area is 174 Å². The topological polar surface area (TPSA) is 97.3 Å². The summed E-state index contributed by atoms with van der Waals surface area (Å²) in [6, 6.07) is 5.73. The predicted molar refractivity (Wildman–Crippen MR) is 115 cm³/mol. The van der Waals surface area contributed by atoms with E-state index in [1.165, 1.54) is 17.6 Å². The molecule has 0 saturated carbocycles. The second-order valence-electron chi connectivity index (χ2n) is 7.54. The van der Waals surface area contributed by atoms with Crippen LogP contribution in [0.3, 0.4) is 0 Å². The number of sulfonamides is 1. The Kier molecular flexibility index (Phi) is 5.28. The zero-order valence-corrected chi connectivity index (χ0v) is 18.2. The van der Waals surface area contributed by atoms with Gasteiger partial charge in [0.25, 0.3) is 0 Å². The third-order valence-electron chi connectivity index (χ3n) is 4.64. The van der Waals surface area contributed by atoms with Crippen molar-refractivity contribution in [1.29, 1.82) is 0 Å². The lowest BCUT2D eigenvalue weighted by atomic mass is 10.1. The van der Waals surface area contributed by atoms with Crippen molar-refractivity contribution in [2.75, 3.05) is 37.5 Å². The number of pyridine rings is 1. The zero-order valence-electron chi connectivity index (χ0n) is 16.5. The Morgan fingerprint density at radius 1 is 1.24 bits per heavy atom. The molecule has 8 nitrogen and oxygen atoms in total. The van der Waals surface area contributed by atoms with Crippen LogP contribution in [0.4, 0.5) is 5.82 Å². The molecule has 3 aromatic rings. The second-order valence-corrected chi connectivity index (χ2v) is 10.3. The number of aromatic nitrogens is 3. The molecule has 0 unspecified atom stereocenters. The van der Waals surface area contributed by atoms with Crippen LogP contribution in [-0.4, -0.2) is 55.9 Å². The van der Waals surface area contributed by atoms with Crippen LogP contribution in [0.5, 0.6) is 0 Å². The fourth-order valence-corrected chi connectivity index (χ4v) is 5.62. The van der Waals surface area contributed by atoms with Gasteiger partial charge >= 0.3 is 0 Å². The molecule has 4 rings (SSSR count). The van der Waals surface area contributed by atoms with Crippen molar-refractivity contribution in [2.45, 2.75) is 19.4 Å². The number of nitrogens with one attached hydrogen (secondary N) is 1. The number of morpholine rings is 1. The molecule has 154 valence electrons. The van der Waals surface area contributed by atoms with Gasteiger partial charge in [-0.3, -0.25) is 4.98 Å². The monoisotopic (exact) mass is 433 g/mol. The molecular weight excluding hydrogens is 410 g/mol. The van der Waals surface area contributed by atoms with Crippen molar-refractivity contribution < 1.29 is 13.2 Å². The third-order valence-corrected chi connectivity index (χ3v) is 6.97. The van der Waals surface area contributed by atoms with Gasteiger partial charge in [0.05, 0.1) is 35.2 Å². The van der Waals surface area contributed by atoms with Crippen LogP contribution in [-0.2, 0) is 20.3 Å². The van der Waals surface area contributed by atoms with Crippen LogP contribution >= 0.6 is 11.3 Å². The Hall–Kier alpha value is -2.14. The Morgan fingerprint density at radius 3 is 2.66 bits per heavy atom. The molecule has 0 atom stereocenters. The van der Waals surface area contributed by atoms with Gasteiger partial charge in [0.15, 0.2) is 11.6 Å². The first-order chi connectivity index (χ1) is 13.7. The van der Waals surface area contributed by atoms with Crippen LogP contribution < -0.4 is 9.62 Å². The van der Waals surface area contributed by atoms with Gasteiger partial charge in [0, 0.05) is 35.9 Å². The molecule has 0 radical (unpaired) electrons. The number of nitrogens with zero attached hydrogens (tertiary/aromatic N) is 4. The van der Waals surface area contributed by atoms with E-state index in [0.717, 1.165) is 39.6 Å². The average Bonchev–Trinajstić information content (AvgIpc) is 3.12. The fourth-order valence-electron chi connectivity index (χ4n) is 3.35. The Bertz CT molecular complexity index is 1120. The number of hydrogen-bond donors (Lipinski definition) is 1. The van der Waals surface area contributed by atoms with Gasteiger partial charge in [0.2, 0.25) is 10.0 Å². The quantitative estimate of drug-likeness (QED) is 0.660. The lowest BCUT2D eigenvalue weighted by Crippen LogP contribution is -2.39. The maximum Gasteiger partial charge on any atom is 0.209 e. The molecule has 4 heterocycles. The van der Waals surface area contributed by atoms with Crippen LogP contribution in [0, 0.1) is 0 Å². The molecule has 0 aromatic carbocycles. The zero-order chi connectivity index (χ0) is 20.6. The highest BCUT2D eigenvalue weighted by molar-refractivity contribution is 7.88. The number of ether oxygens (including phenoxy) is 1. The molecule has 0 amide bonds. The lowest BCUT2D eigenvalue weighted by molar-refractivity contribution is 0.122. The molecule has 1 aliphatic rings. The average molecular weight is 434 g/mol. The number of hydrogen-bond acceptors (Lipinski definition) is 8. The van der Waals surface area contributed by atoms with E-state index in [1.807, 2.05) is 32.0 Å². The second kappa shape index (κ2) is 7.60. The van der Waals surface area contributed by atoms with Gasteiger partial charge in [-0.05, 0) is 32.0 Å². The molecule has 0 aliphatic carbocycles. The molecule has 1 aliphatic heterocycles. The molecule has 1 saturated heterocycles. The van der Waals surface area contributed by atoms with E-state index in [9.17, 15) is 8.42 Å². The number of rotatable bonds is 5. The van der Waals surface area contributed by atoms with Crippen molar-refractivity contribution in [3.63, 3.8) is 0 Å². The van der Waals surface area contributed by atoms with E-state index < -0.39 is 15.6 Å². The van der Waals surface area contributed by atoms with Gasteiger partial charge in [-0.1, -0.05) is 0 Å². The van der Waals surface area contributed by atoms with Crippen LogP contribution in [0.1, 0.15) is 18.7 Å². The number of anilines is 1. The van der Waals surface area contributed by atoms with E-state index in [4.69, 9.17) is 14.7 Å². The SMILES string of the molecule is CC(C)(NS(C)(=O)=O)c1cc2nc(-c3cccnc3)nc(N3CCOCC3)c2s1. The molecule has 3 aromatic heterocycles. The van der Waals surface area contributed by atoms with Gasteiger partial charge < -0.3 is 9.64 Å². The maximum absolute atomic E-state index is 11.8. The minimum absolute atomic E-state index is 0.602. The molecule has 10 heteroatoms. The first-order valence-corrected chi connectivity index (χ1v) is 12.0. The van der Waals surface area contributed by atoms with Gasteiger partial charge in [-0.25, -0.2) is 23.1 Å². The fraction of sp³-hybridized carbons (Fsp3) is 0.421. The normalized spacial score (nSPS) is 15.8. The van der Waals surface area contributed by atoms with Gasteiger partial charge in [0.1, 0.15) is 0 Å². The Balaban J connectivity index is 1.87. The summed E-state index contributed by atoms with van der Waals surface area (Å²) in [6.07, 6.45) is 4.63. The summed E-state index contributed by atoms with van der Waals surface area (Å²) in [5.41, 5.74) is 0.879.